The summed E-state index contributed by atoms with van der Waals surface area (Å²) >= 11 is 0. The van der Waals surface area contributed by atoms with Gasteiger partial charge in [0.2, 0.25) is 5.95 Å². The molecule has 2 heterocycles. The number of rotatable bonds is 7. The minimum absolute atomic E-state index is 0.0306. The van der Waals surface area contributed by atoms with Gasteiger partial charge in [-0.15, -0.1) is 0 Å². The fourth-order valence-corrected chi connectivity index (χ4v) is 3.30. The number of nitrogens with zero attached hydrogens (tertiary/aromatic N) is 5. The number of nitrogens with one attached hydrogen (secondary N) is 2. The molecule has 0 fully saturated rings. The van der Waals surface area contributed by atoms with Crippen LogP contribution in [-0.2, 0) is 13.6 Å². The van der Waals surface area contributed by atoms with Gasteiger partial charge in [0.25, 0.3) is 11.2 Å². The molecule has 1 unspecified atom stereocenters. The lowest BCUT2D eigenvalue weighted by molar-refractivity contribution is -0.384. The van der Waals surface area contributed by atoms with Crippen molar-refractivity contribution in [3.8, 4) is 0 Å². The summed E-state index contributed by atoms with van der Waals surface area (Å²) in [6, 6.07) is 14.7. The number of aromatic amines is 1. The highest BCUT2D eigenvalue weighted by atomic mass is 16.6. The van der Waals surface area contributed by atoms with Gasteiger partial charge in [-0.05, 0) is 23.3 Å². The Bertz CT molecular complexity index is 1450. The number of benzene rings is 2. The van der Waals surface area contributed by atoms with Crippen LogP contribution in [0.5, 0.6) is 0 Å². The van der Waals surface area contributed by atoms with Crippen LogP contribution >= 0.6 is 0 Å². The number of hydrazone groups is 1. The molecule has 1 atom stereocenters. The van der Waals surface area contributed by atoms with Gasteiger partial charge < -0.3 is 5.11 Å². The second-order valence-corrected chi connectivity index (χ2v) is 7.18. The number of fused-ring (bicyclic) bond motifs is 1. The number of hydrogen-bond donors (Lipinski definition) is 3. The third-order valence-corrected chi connectivity index (χ3v) is 5.03. The number of aromatic nitrogens is 4. The summed E-state index contributed by atoms with van der Waals surface area (Å²) in [5.41, 5.74) is 2.86. The zero-order valence-electron chi connectivity index (χ0n) is 17.4. The number of anilines is 1. The molecule has 0 saturated heterocycles. The van der Waals surface area contributed by atoms with Crippen molar-refractivity contribution in [3.05, 3.63) is 96.7 Å². The molecule has 0 amide bonds. The molecular weight excluding hydrogens is 430 g/mol. The predicted molar refractivity (Wildman–Crippen MR) is 121 cm³/mol. The first kappa shape index (κ1) is 21.6. The summed E-state index contributed by atoms with van der Waals surface area (Å²) in [7, 11) is 1.47. The molecule has 2 aromatic heterocycles. The number of nitro benzene ring substituents is 1. The average molecular weight is 449 g/mol. The van der Waals surface area contributed by atoms with Crippen LogP contribution in [0.3, 0.4) is 0 Å². The highest BCUT2D eigenvalue weighted by molar-refractivity contribution is 5.81. The monoisotopic (exact) mass is 449 g/mol. The molecular formula is C21H19N7O5. The lowest BCUT2D eigenvalue weighted by atomic mass is 10.1. The van der Waals surface area contributed by atoms with E-state index in [9.17, 15) is 24.8 Å². The van der Waals surface area contributed by atoms with Gasteiger partial charge in [-0.25, -0.2) is 10.2 Å². The van der Waals surface area contributed by atoms with Gasteiger partial charge in [0.05, 0.1) is 23.8 Å². The maximum Gasteiger partial charge on any atom is 0.329 e. The quantitative estimate of drug-likeness (QED) is 0.219. The molecule has 33 heavy (non-hydrogen) atoms. The van der Waals surface area contributed by atoms with Crippen LogP contribution in [0, 0.1) is 10.1 Å². The van der Waals surface area contributed by atoms with Crippen LogP contribution in [0.15, 0.2) is 69.3 Å². The molecule has 3 N–H and O–H groups in total. The van der Waals surface area contributed by atoms with E-state index in [0.717, 1.165) is 0 Å². The maximum atomic E-state index is 12.6. The summed E-state index contributed by atoms with van der Waals surface area (Å²) < 4.78 is 2.63. The zero-order valence-corrected chi connectivity index (χ0v) is 17.4. The van der Waals surface area contributed by atoms with E-state index in [4.69, 9.17) is 0 Å². The van der Waals surface area contributed by atoms with Crippen molar-refractivity contribution >= 4 is 29.0 Å². The number of nitro groups is 1. The van der Waals surface area contributed by atoms with Crippen LogP contribution in [0.1, 0.15) is 17.2 Å². The van der Waals surface area contributed by atoms with E-state index in [2.05, 4.69) is 20.5 Å². The Morgan fingerprint density at radius 2 is 1.91 bits per heavy atom. The number of aliphatic hydroxyl groups is 1. The first-order valence-corrected chi connectivity index (χ1v) is 9.81. The van der Waals surface area contributed by atoms with E-state index in [1.54, 1.807) is 24.3 Å². The first-order valence-electron chi connectivity index (χ1n) is 9.81. The SMILES string of the molecule is Cn1c(=O)[nH]c(=O)c2c1nc(NN=Cc1ccc([N+](=O)[O-])cc1)n2CC(O)c1ccccc1. The van der Waals surface area contributed by atoms with Crippen LogP contribution in [0.2, 0.25) is 0 Å². The van der Waals surface area contributed by atoms with Gasteiger partial charge in [-0.3, -0.25) is 29.0 Å². The Balaban J connectivity index is 1.70. The standard InChI is InChI=1S/C21H19N7O5/c1-26-18-17(19(30)24-21(26)31)27(12-16(29)14-5-3-2-4-6-14)20(23-18)25-22-11-13-7-9-15(10-8-13)28(32)33/h2-11,16,29H,12H2,1H3,(H,23,25)(H,24,30,31). The van der Waals surface area contributed by atoms with Crippen LogP contribution in [-0.4, -0.2) is 35.3 Å². The van der Waals surface area contributed by atoms with Gasteiger partial charge in [0, 0.05) is 19.2 Å². The van der Waals surface area contributed by atoms with Crippen molar-refractivity contribution in [2.24, 2.45) is 12.1 Å². The van der Waals surface area contributed by atoms with E-state index in [-0.39, 0.29) is 29.3 Å². The number of H-pyrrole nitrogens is 1. The van der Waals surface area contributed by atoms with E-state index < -0.39 is 22.3 Å². The number of imidazole rings is 1. The van der Waals surface area contributed by atoms with E-state index in [0.29, 0.717) is 11.1 Å². The Kier molecular flexibility index (Phi) is 5.83. The normalized spacial score (nSPS) is 12.3. The number of aryl methyl sites for hydroxylation is 1. The molecule has 0 aliphatic rings. The minimum Gasteiger partial charge on any atom is -0.387 e. The molecule has 4 rings (SSSR count). The molecule has 12 nitrogen and oxygen atoms in total. The molecule has 168 valence electrons. The minimum atomic E-state index is -0.959. The second kappa shape index (κ2) is 8.88. The van der Waals surface area contributed by atoms with Crippen molar-refractivity contribution < 1.29 is 10.0 Å². The van der Waals surface area contributed by atoms with E-state index >= 15 is 0 Å². The second-order valence-electron chi connectivity index (χ2n) is 7.18. The van der Waals surface area contributed by atoms with Gasteiger partial charge in [0.1, 0.15) is 0 Å². The van der Waals surface area contributed by atoms with Crippen molar-refractivity contribution in [2.75, 3.05) is 5.43 Å². The molecule has 12 heteroatoms. The fourth-order valence-electron chi connectivity index (χ4n) is 3.30. The smallest absolute Gasteiger partial charge is 0.329 e. The van der Waals surface area contributed by atoms with Crippen molar-refractivity contribution in [1.29, 1.82) is 0 Å². The number of aliphatic hydroxyl groups excluding tert-OH is 1. The van der Waals surface area contributed by atoms with Gasteiger partial charge in [-0.1, -0.05) is 30.3 Å². The van der Waals surface area contributed by atoms with Gasteiger partial charge in [0.15, 0.2) is 11.2 Å². The molecule has 0 bridgehead atoms. The summed E-state index contributed by atoms with van der Waals surface area (Å²) in [6.07, 6.45) is 0.462. The number of non-ortho nitro benzene ring substituents is 1. The lowest BCUT2D eigenvalue weighted by Gasteiger charge is -2.14. The molecule has 2 aromatic carbocycles. The Morgan fingerprint density at radius 3 is 2.58 bits per heavy atom. The zero-order chi connectivity index (χ0) is 23.5. The molecule has 0 aliphatic heterocycles. The van der Waals surface area contributed by atoms with Crippen LogP contribution in [0.25, 0.3) is 11.2 Å². The Labute approximate surface area is 185 Å². The molecule has 0 saturated carbocycles. The third-order valence-electron chi connectivity index (χ3n) is 5.03. The van der Waals surface area contributed by atoms with Crippen molar-refractivity contribution in [2.45, 2.75) is 12.6 Å². The molecule has 4 aromatic rings. The first-order chi connectivity index (χ1) is 15.8. The van der Waals surface area contributed by atoms with Crippen molar-refractivity contribution in [3.63, 3.8) is 0 Å². The highest BCUT2D eigenvalue weighted by Gasteiger charge is 2.20. The Morgan fingerprint density at radius 1 is 1.21 bits per heavy atom. The maximum absolute atomic E-state index is 12.6. The largest absolute Gasteiger partial charge is 0.387 e. The predicted octanol–water partition coefficient (Wildman–Crippen LogP) is 1.51. The molecule has 0 aliphatic carbocycles. The fraction of sp³-hybridized carbons (Fsp3) is 0.143. The molecule has 0 radical (unpaired) electrons. The summed E-state index contributed by atoms with van der Waals surface area (Å²) in [6.45, 7) is -0.0306. The average Bonchev–Trinajstić information content (AvgIpc) is 3.17. The third kappa shape index (κ3) is 4.41. The van der Waals surface area contributed by atoms with Gasteiger partial charge in [-0.2, -0.15) is 10.1 Å². The van der Waals surface area contributed by atoms with E-state index in [1.807, 2.05) is 6.07 Å². The Hall–Kier alpha value is -4.58. The van der Waals surface area contributed by atoms with Crippen LogP contribution < -0.4 is 16.7 Å². The lowest BCUT2D eigenvalue weighted by Crippen LogP contribution is -2.29. The van der Waals surface area contributed by atoms with Crippen LogP contribution in [0.4, 0.5) is 11.6 Å². The molecule has 0 spiro atoms. The van der Waals surface area contributed by atoms with E-state index in [1.165, 1.54) is 46.7 Å². The summed E-state index contributed by atoms with van der Waals surface area (Å²) in [5, 5.41) is 25.6. The topological polar surface area (TPSA) is 160 Å². The highest BCUT2D eigenvalue weighted by Crippen LogP contribution is 2.21. The van der Waals surface area contributed by atoms with Gasteiger partial charge >= 0.3 is 5.69 Å². The number of hydrogen-bond acceptors (Lipinski definition) is 8. The van der Waals surface area contributed by atoms with Crippen molar-refractivity contribution in [1.82, 2.24) is 19.1 Å². The summed E-state index contributed by atoms with van der Waals surface area (Å²) in [5.74, 6) is 0.129. The summed E-state index contributed by atoms with van der Waals surface area (Å²) in [4.78, 5) is 41.4.